The third kappa shape index (κ3) is 2.38. The molecule has 1 saturated heterocycles. The molecule has 0 saturated carbocycles. The number of aryl methyl sites for hydroxylation is 1. The molecular weight excluding hydrogens is 266 g/mol. The third-order valence-corrected chi connectivity index (χ3v) is 3.48. The molecule has 0 amide bonds. The number of hydrogen-bond donors (Lipinski definition) is 1. The number of nitrogens with one attached hydrogen (secondary N) is 1. The average molecular weight is 284 g/mol. The molecule has 0 atom stereocenters. The van der Waals surface area contributed by atoms with Crippen molar-refractivity contribution in [3.63, 3.8) is 0 Å². The minimum absolute atomic E-state index is 0.603. The van der Waals surface area contributed by atoms with Gasteiger partial charge in [0.2, 0.25) is 0 Å². The fourth-order valence-corrected chi connectivity index (χ4v) is 2.63. The molecule has 1 aliphatic rings. The summed E-state index contributed by atoms with van der Waals surface area (Å²) in [5.74, 6) is 1.08. The molecule has 0 spiro atoms. The fourth-order valence-electron chi connectivity index (χ4n) is 1.93. The molecule has 0 radical (unpaired) electrons. The van der Waals surface area contributed by atoms with E-state index in [-0.39, 0.29) is 0 Å². The van der Waals surface area contributed by atoms with Gasteiger partial charge in [-0.1, -0.05) is 6.92 Å². The lowest BCUT2D eigenvalue weighted by Crippen LogP contribution is -2.58. The standard InChI is InChI=1S/C12H18BrN3/c1-3-4-16(10-7-14-8-10)12-11(13)5-9(2)6-15-12/h5-6,10,14H,3-4,7-8H2,1-2H3. The van der Waals surface area contributed by atoms with Crippen molar-refractivity contribution in [1.82, 2.24) is 10.3 Å². The highest BCUT2D eigenvalue weighted by atomic mass is 79.9. The molecule has 0 unspecified atom stereocenters. The summed E-state index contributed by atoms with van der Waals surface area (Å²) in [6.45, 7) is 7.49. The minimum atomic E-state index is 0.603. The Labute approximate surface area is 105 Å². The van der Waals surface area contributed by atoms with Crippen LogP contribution in [0.4, 0.5) is 5.82 Å². The van der Waals surface area contributed by atoms with Gasteiger partial charge in [-0.15, -0.1) is 0 Å². The molecule has 3 nitrogen and oxygen atoms in total. The molecule has 4 heteroatoms. The number of halogens is 1. The molecule has 2 heterocycles. The van der Waals surface area contributed by atoms with Gasteiger partial charge in [-0.25, -0.2) is 4.98 Å². The SMILES string of the molecule is CCCN(c1ncc(C)cc1Br)C1CNC1. The lowest BCUT2D eigenvalue weighted by atomic mass is 10.1. The van der Waals surface area contributed by atoms with Crippen LogP contribution in [0.3, 0.4) is 0 Å². The van der Waals surface area contributed by atoms with Gasteiger partial charge in [0.15, 0.2) is 0 Å². The Balaban J connectivity index is 2.23. The summed E-state index contributed by atoms with van der Waals surface area (Å²) in [5.41, 5.74) is 1.19. The van der Waals surface area contributed by atoms with Crippen LogP contribution in [-0.2, 0) is 0 Å². The molecule has 0 bridgehead atoms. The van der Waals surface area contributed by atoms with E-state index < -0.39 is 0 Å². The highest BCUT2D eigenvalue weighted by Gasteiger charge is 2.26. The van der Waals surface area contributed by atoms with Crippen LogP contribution >= 0.6 is 15.9 Å². The predicted molar refractivity (Wildman–Crippen MR) is 71.0 cm³/mol. The summed E-state index contributed by atoms with van der Waals surface area (Å²) in [7, 11) is 0. The van der Waals surface area contributed by atoms with Gasteiger partial charge in [0.25, 0.3) is 0 Å². The quantitative estimate of drug-likeness (QED) is 0.920. The molecule has 16 heavy (non-hydrogen) atoms. The largest absolute Gasteiger partial charge is 0.350 e. The van der Waals surface area contributed by atoms with Gasteiger partial charge in [-0.3, -0.25) is 0 Å². The maximum absolute atomic E-state index is 4.55. The first kappa shape index (κ1) is 11.9. The number of pyridine rings is 1. The van der Waals surface area contributed by atoms with Gasteiger partial charge in [-0.2, -0.15) is 0 Å². The maximum atomic E-state index is 4.55. The number of nitrogens with zero attached hydrogens (tertiary/aromatic N) is 2. The second-order valence-electron chi connectivity index (χ2n) is 4.32. The number of aromatic nitrogens is 1. The van der Waals surface area contributed by atoms with Crippen molar-refractivity contribution in [1.29, 1.82) is 0 Å². The van der Waals surface area contributed by atoms with Gasteiger partial charge < -0.3 is 10.2 Å². The lowest BCUT2D eigenvalue weighted by Gasteiger charge is -2.39. The van der Waals surface area contributed by atoms with Crippen LogP contribution in [0.2, 0.25) is 0 Å². The Morgan fingerprint density at radius 2 is 2.31 bits per heavy atom. The molecule has 1 N–H and O–H groups in total. The van der Waals surface area contributed by atoms with Crippen LogP contribution in [0.25, 0.3) is 0 Å². The first-order valence-electron chi connectivity index (χ1n) is 5.82. The second kappa shape index (κ2) is 5.15. The van der Waals surface area contributed by atoms with E-state index in [4.69, 9.17) is 0 Å². The monoisotopic (exact) mass is 283 g/mol. The summed E-state index contributed by atoms with van der Waals surface area (Å²) >= 11 is 3.61. The van der Waals surface area contributed by atoms with E-state index in [2.05, 4.69) is 51.0 Å². The van der Waals surface area contributed by atoms with Crippen molar-refractivity contribution in [2.45, 2.75) is 26.3 Å². The Bertz CT molecular complexity index is 363. The zero-order valence-electron chi connectivity index (χ0n) is 9.83. The van der Waals surface area contributed by atoms with Crippen LogP contribution in [0.1, 0.15) is 18.9 Å². The predicted octanol–water partition coefficient (Wildman–Crippen LogP) is 2.34. The third-order valence-electron chi connectivity index (χ3n) is 2.90. The van der Waals surface area contributed by atoms with E-state index in [0.29, 0.717) is 6.04 Å². The Morgan fingerprint density at radius 3 is 2.81 bits per heavy atom. The minimum Gasteiger partial charge on any atom is -0.350 e. The first-order valence-corrected chi connectivity index (χ1v) is 6.61. The maximum Gasteiger partial charge on any atom is 0.143 e. The smallest absolute Gasteiger partial charge is 0.143 e. The van der Waals surface area contributed by atoms with Crippen LogP contribution in [0.5, 0.6) is 0 Å². The topological polar surface area (TPSA) is 28.2 Å². The zero-order valence-corrected chi connectivity index (χ0v) is 11.4. The van der Waals surface area contributed by atoms with Gasteiger partial charge >= 0.3 is 0 Å². The van der Waals surface area contributed by atoms with Crippen LogP contribution in [0.15, 0.2) is 16.7 Å². The van der Waals surface area contributed by atoms with E-state index in [1.54, 1.807) is 0 Å². The molecule has 0 aromatic carbocycles. The molecule has 2 rings (SSSR count). The number of anilines is 1. The van der Waals surface area contributed by atoms with Crippen LogP contribution < -0.4 is 10.2 Å². The second-order valence-corrected chi connectivity index (χ2v) is 5.18. The molecule has 1 aromatic heterocycles. The summed E-state index contributed by atoms with van der Waals surface area (Å²) in [6, 6.07) is 2.74. The summed E-state index contributed by atoms with van der Waals surface area (Å²) in [6.07, 6.45) is 3.09. The van der Waals surface area contributed by atoms with Gasteiger partial charge in [0, 0.05) is 25.8 Å². The molecule has 88 valence electrons. The molecular formula is C12H18BrN3. The summed E-state index contributed by atoms with van der Waals surface area (Å²) < 4.78 is 1.10. The van der Waals surface area contributed by atoms with Crippen LogP contribution in [-0.4, -0.2) is 30.7 Å². The van der Waals surface area contributed by atoms with E-state index in [1.807, 2.05) is 6.20 Å². The van der Waals surface area contributed by atoms with Crippen LogP contribution in [0, 0.1) is 6.92 Å². The van der Waals surface area contributed by atoms with E-state index in [9.17, 15) is 0 Å². The number of rotatable bonds is 4. The molecule has 0 aliphatic carbocycles. The van der Waals surface area contributed by atoms with Gasteiger partial charge in [-0.05, 0) is 40.9 Å². The number of hydrogen-bond acceptors (Lipinski definition) is 3. The normalized spacial score (nSPS) is 15.9. The average Bonchev–Trinajstić information content (AvgIpc) is 2.14. The van der Waals surface area contributed by atoms with Gasteiger partial charge in [0.05, 0.1) is 10.5 Å². The molecule has 1 fully saturated rings. The lowest BCUT2D eigenvalue weighted by molar-refractivity contribution is 0.410. The van der Waals surface area contributed by atoms with E-state index in [0.717, 1.165) is 36.3 Å². The van der Waals surface area contributed by atoms with Gasteiger partial charge in [0.1, 0.15) is 5.82 Å². The highest BCUT2D eigenvalue weighted by Crippen LogP contribution is 2.27. The molecule has 1 aliphatic heterocycles. The van der Waals surface area contributed by atoms with Crippen molar-refractivity contribution < 1.29 is 0 Å². The van der Waals surface area contributed by atoms with E-state index >= 15 is 0 Å². The fraction of sp³-hybridized carbons (Fsp3) is 0.583. The van der Waals surface area contributed by atoms with E-state index in [1.165, 1.54) is 5.56 Å². The molecule has 1 aromatic rings. The Morgan fingerprint density at radius 1 is 1.56 bits per heavy atom. The summed E-state index contributed by atoms with van der Waals surface area (Å²) in [5, 5.41) is 3.32. The Hall–Kier alpha value is -0.610. The van der Waals surface area contributed by atoms with Crippen molar-refractivity contribution in [2.75, 3.05) is 24.5 Å². The summed E-state index contributed by atoms with van der Waals surface area (Å²) in [4.78, 5) is 6.95. The van der Waals surface area contributed by atoms with Crippen molar-refractivity contribution in [3.05, 3.63) is 22.3 Å². The highest BCUT2D eigenvalue weighted by molar-refractivity contribution is 9.10. The zero-order chi connectivity index (χ0) is 11.5. The Kier molecular flexibility index (Phi) is 3.82. The van der Waals surface area contributed by atoms with Crippen molar-refractivity contribution >= 4 is 21.7 Å². The van der Waals surface area contributed by atoms with Crippen molar-refractivity contribution in [2.24, 2.45) is 0 Å². The van der Waals surface area contributed by atoms with Crippen molar-refractivity contribution in [3.8, 4) is 0 Å². The first-order chi connectivity index (χ1) is 7.72.